The fourth-order valence-electron chi connectivity index (χ4n) is 1.95. The molecule has 1 aromatic carbocycles. The zero-order valence-electron chi connectivity index (χ0n) is 10.3. The molecule has 0 aromatic heterocycles. The molecule has 0 radical (unpaired) electrons. The van der Waals surface area contributed by atoms with Gasteiger partial charge in [0.25, 0.3) is 0 Å². The van der Waals surface area contributed by atoms with Gasteiger partial charge >= 0.3 is 114 Å². The van der Waals surface area contributed by atoms with Crippen LogP contribution in [0.1, 0.15) is 50.7 Å². The number of unbranched alkanes of at least 4 members (excludes halogenated alkanes) is 2. The summed E-state index contributed by atoms with van der Waals surface area (Å²) in [7, 11) is 0. The van der Waals surface area contributed by atoms with Crippen LogP contribution >= 0.6 is 5.81 Å². The Bertz CT molecular complexity index is 334. The normalized spacial score (nSPS) is 10.9. The van der Waals surface area contributed by atoms with Crippen LogP contribution in [0.3, 0.4) is 0 Å². The molecule has 0 unspecified atom stereocenters. The van der Waals surface area contributed by atoms with Gasteiger partial charge < -0.3 is 0 Å². The SMILES string of the molecule is CCCCc1cccc(P=[Te])c1CCCC. The summed E-state index contributed by atoms with van der Waals surface area (Å²) in [5.74, 6) is 1.43. The van der Waals surface area contributed by atoms with Crippen molar-refractivity contribution in [3.8, 4) is 0 Å². The summed E-state index contributed by atoms with van der Waals surface area (Å²) in [5, 5.41) is 1.55. The van der Waals surface area contributed by atoms with Gasteiger partial charge in [-0.3, -0.25) is 0 Å². The first-order valence-corrected chi connectivity index (χ1v) is 10.2. The summed E-state index contributed by atoms with van der Waals surface area (Å²) in [6.45, 7) is 4.55. The molecule has 2 heteroatoms. The van der Waals surface area contributed by atoms with Gasteiger partial charge in [-0.15, -0.1) is 0 Å². The first-order valence-electron chi connectivity index (χ1n) is 6.27. The average molecular weight is 348 g/mol. The van der Waals surface area contributed by atoms with Crippen molar-refractivity contribution in [2.45, 2.75) is 52.4 Å². The van der Waals surface area contributed by atoms with Crippen LogP contribution in [0, 0.1) is 0 Å². The van der Waals surface area contributed by atoms with Gasteiger partial charge in [0, 0.05) is 0 Å². The van der Waals surface area contributed by atoms with Gasteiger partial charge in [-0.2, -0.15) is 0 Å². The molecule has 0 heterocycles. The van der Waals surface area contributed by atoms with Gasteiger partial charge in [-0.1, -0.05) is 0 Å². The van der Waals surface area contributed by atoms with Gasteiger partial charge in [-0.05, 0) is 0 Å². The molecule has 0 bridgehead atoms. The summed E-state index contributed by atoms with van der Waals surface area (Å²) >= 11 is 2.17. The van der Waals surface area contributed by atoms with Crippen molar-refractivity contribution in [1.29, 1.82) is 0 Å². The van der Waals surface area contributed by atoms with Crippen LogP contribution in [-0.4, -0.2) is 21.2 Å². The van der Waals surface area contributed by atoms with E-state index in [0.29, 0.717) is 0 Å². The van der Waals surface area contributed by atoms with Crippen LogP contribution in [0.5, 0.6) is 0 Å². The van der Waals surface area contributed by atoms with Crippen LogP contribution < -0.4 is 5.30 Å². The third-order valence-electron chi connectivity index (χ3n) is 2.93. The molecule has 0 fully saturated rings. The van der Waals surface area contributed by atoms with Gasteiger partial charge in [0.05, 0.1) is 0 Å². The van der Waals surface area contributed by atoms with E-state index in [1.165, 1.54) is 44.3 Å². The van der Waals surface area contributed by atoms with E-state index >= 15 is 0 Å². The zero-order chi connectivity index (χ0) is 11.8. The van der Waals surface area contributed by atoms with Crippen LogP contribution in [0.4, 0.5) is 0 Å². The van der Waals surface area contributed by atoms with Crippen molar-refractivity contribution in [1.82, 2.24) is 0 Å². The van der Waals surface area contributed by atoms with E-state index in [4.69, 9.17) is 0 Å². The zero-order valence-corrected chi connectivity index (χ0v) is 13.6. The van der Waals surface area contributed by atoms with Gasteiger partial charge in [0.1, 0.15) is 0 Å². The molecule has 0 saturated carbocycles. The molecule has 1 rings (SSSR count). The number of hydrogen-bond acceptors (Lipinski definition) is 0. The van der Waals surface area contributed by atoms with E-state index in [1.807, 2.05) is 0 Å². The van der Waals surface area contributed by atoms with E-state index in [9.17, 15) is 0 Å². The summed E-state index contributed by atoms with van der Waals surface area (Å²) < 4.78 is 0. The van der Waals surface area contributed by atoms with Gasteiger partial charge in [0.15, 0.2) is 0 Å². The Morgan fingerprint density at radius 3 is 2.38 bits per heavy atom. The number of benzene rings is 1. The third kappa shape index (κ3) is 4.29. The van der Waals surface area contributed by atoms with E-state index in [-0.39, 0.29) is 0 Å². The topological polar surface area (TPSA) is 0 Å². The number of aryl methyl sites for hydroxylation is 1. The molecule has 0 saturated heterocycles. The molecule has 0 N–H and O–H groups in total. The Hall–Kier alpha value is 0.310. The van der Waals surface area contributed by atoms with E-state index in [2.05, 4.69) is 53.3 Å². The molecule has 0 atom stereocenters. The fraction of sp³-hybridized carbons (Fsp3) is 0.571. The molecule has 0 nitrogen and oxygen atoms in total. The van der Waals surface area contributed by atoms with E-state index in [0.717, 1.165) is 0 Å². The van der Waals surface area contributed by atoms with Crippen LogP contribution in [0.15, 0.2) is 18.2 Å². The predicted octanol–water partition coefficient (Wildman–Crippen LogP) is 4.03. The van der Waals surface area contributed by atoms with Crippen LogP contribution in [0.2, 0.25) is 0 Å². The molecule has 16 heavy (non-hydrogen) atoms. The van der Waals surface area contributed by atoms with Crippen molar-refractivity contribution in [2.24, 2.45) is 0 Å². The maximum absolute atomic E-state index is 2.33. The van der Waals surface area contributed by atoms with E-state index in [1.54, 1.807) is 16.4 Å². The molecular weight excluding hydrogens is 327 g/mol. The second-order valence-electron chi connectivity index (χ2n) is 4.21. The molecule has 88 valence electrons. The fourth-order valence-corrected chi connectivity index (χ4v) is 3.93. The van der Waals surface area contributed by atoms with Crippen molar-refractivity contribution < 1.29 is 0 Å². The van der Waals surface area contributed by atoms with Crippen LogP contribution in [0.25, 0.3) is 0 Å². The summed E-state index contributed by atoms with van der Waals surface area (Å²) in [4.78, 5) is 0. The van der Waals surface area contributed by atoms with Gasteiger partial charge in [0.2, 0.25) is 0 Å². The maximum atomic E-state index is 2.33. The average Bonchev–Trinajstić information content (AvgIpc) is 2.33. The minimum atomic E-state index is 1.26. The second kappa shape index (κ2) is 8.41. The van der Waals surface area contributed by atoms with E-state index < -0.39 is 0 Å². The van der Waals surface area contributed by atoms with Crippen LogP contribution in [-0.2, 0) is 12.8 Å². The first-order chi connectivity index (χ1) is 7.83. The first kappa shape index (κ1) is 14.4. The standard InChI is InChI=1S/C14H21PTe/c1-3-5-8-12-9-7-11-14(15-16)13(12)10-6-4-2/h7,9,11H,3-6,8,10H2,1-2H3. The van der Waals surface area contributed by atoms with Crippen molar-refractivity contribution in [2.75, 3.05) is 0 Å². The monoisotopic (exact) mass is 350 g/mol. The molecule has 0 aliphatic rings. The Balaban J connectivity index is 2.90. The third-order valence-corrected chi connectivity index (χ3v) is 5.23. The molecular formula is C14H21PTe. The Morgan fingerprint density at radius 2 is 1.75 bits per heavy atom. The van der Waals surface area contributed by atoms with Crippen molar-refractivity contribution >= 4 is 32.3 Å². The molecule has 0 aliphatic carbocycles. The van der Waals surface area contributed by atoms with Crippen molar-refractivity contribution in [3.63, 3.8) is 0 Å². The predicted molar refractivity (Wildman–Crippen MR) is 76.0 cm³/mol. The Morgan fingerprint density at radius 1 is 1.06 bits per heavy atom. The molecule has 0 amide bonds. The van der Waals surface area contributed by atoms with Gasteiger partial charge in [-0.25, -0.2) is 0 Å². The number of hydrogen-bond donors (Lipinski definition) is 0. The summed E-state index contributed by atoms with van der Waals surface area (Å²) in [5.41, 5.74) is 3.24. The summed E-state index contributed by atoms with van der Waals surface area (Å²) in [6.07, 6.45) is 7.77. The molecule has 1 aromatic rings. The quantitative estimate of drug-likeness (QED) is 0.516. The summed E-state index contributed by atoms with van der Waals surface area (Å²) in [6, 6.07) is 6.86. The molecule has 0 spiro atoms. The molecule has 0 aliphatic heterocycles. The number of rotatable bonds is 7. The Labute approximate surface area is 114 Å². The van der Waals surface area contributed by atoms with Crippen molar-refractivity contribution in [3.05, 3.63) is 29.3 Å². The second-order valence-corrected chi connectivity index (χ2v) is 6.44. The minimum absolute atomic E-state index is 1.26. The Kier molecular flexibility index (Phi) is 7.55.